The number of aryl methyl sites for hydroxylation is 2. The lowest BCUT2D eigenvalue weighted by Gasteiger charge is -2.06. The average molecular weight is 638 g/mol. The van der Waals surface area contributed by atoms with Crippen LogP contribution in [0, 0.1) is 13.8 Å². The topological polar surface area (TPSA) is 94.3 Å². The number of halogens is 1. The lowest BCUT2D eigenvalue weighted by molar-refractivity contribution is -0.346. The van der Waals surface area contributed by atoms with Gasteiger partial charge in [-0.1, -0.05) is 41.5 Å². The summed E-state index contributed by atoms with van der Waals surface area (Å²) >= 11 is 0. The van der Waals surface area contributed by atoms with E-state index in [4.69, 9.17) is 0 Å². The maximum atomic E-state index is 12.8. The zero-order valence-corrected chi connectivity index (χ0v) is 25.2. The third kappa shape index (κ3) is 7.65. The summed E-state index contributed by atoms with van der Waals surface area (Å²) in [5, 5.41) is 3.10. The van der Waals surface area contributed by atoms with E-state index < -0.39 is 19.7 Å². The van der Waals surface area contributed by atoms with Gasteiger partial charge in [0.2, 0.25) is 25.4 Å². The molecule has 206 valence electrons. The van der Waals surface area contributed by atoms with Crippen LogP contribution in [0.2, 0.25) is 0 Å². The van der Waals surface area contributed by atoms with Gasteiger partial charge in [0.15, 0.2) is 6.21 Å². The minimum absolute atomic E-state index is 0. The number of benzene rings is 4. The third-order valence-corrected chi connectivity index (χ3v) is 9.48. The van der Waals surface area contributed by atoms with E-state index in [0.29, 0.717) is 0 Å². The van der Waals surface area contributed by atoms with Crippen LogP contribution in [0.3, 0.4) is 0 Å². The van der Waals surface area contributed by atoms with Gasteiger partial charge in [-0.05, 0) is 80.6 Å². The van der Waals surface area contributed by atoms with E-state index in [1.807, 2.05) is 19.9 Å². The van der Waals surface area contributed by atoms with Crippen molar-refractivity contribution in [3.63, 3.8) is 0 Å². The van der Waals surface area contributed by atoms with Gasteiger partial charge in [0, 0.05) is 30.1 Å². The van der Waals surface area contributed by atoms with Gasteiger partial charge in [0.05, 0.1) is 19.6 Å². The van der Waals surface area contributed by atoms with E-state index in [1.54, 1.807) is 122 Å². The van der Waals surface area contributed by atoms with Crippen molar-refractivity contribution in [1.82, 2.24) is 0 Å². The quantitative estimate of drug-likeness (QED) is 0.216. The highest BCUT2D eigenvalue weighted by Crippen LogP contribution is 2.23. The number of allylic oxidation sites excluding steroid dienone is 3. The highest BCUT2D eigenvalue weighted by atomic mass is 79.9. The molecule has 0 spiro atoms. The van der Waals surface area contributed by atoms with Gasteiger partial charge in [-0.2, -0.15) is 0 Å². The largest absolute Gasteiger partial charge is 1.00 e. The number of nitrogens with one attached hydrogen (secondary N) is 2. The number of hydrogen-bond acceptors (Lipinski definition) is 5. The Morgan fingerprint density at radius 2 is 0.950 bits per heavy atom. The maximum Gasteiger partial charge on any atom is 0.206 e. The standard InChI is InChI=1S/C31H28N2O4S2.BrH/c1-24-6-14-28(15-7-24)38(34,35)30-18-10-26(11-19-30)32-22-4-3-5-23-33-27-12-20-31(21-13-27)39(36,37)29-16-8-25(2)9-17-29;/h3-23,32H,1-2H3;1H/b5-3+,22-4+,33-23?;. The molecule has 0 atom stereocenters. The Morgan fingerprint density at radius 1 is 0.550 bits per heavy atom. The van der Waals surface area contributed by atoms with Gasteiger partial charge in [0.1, 0.15) is 0 Å². The molecule has 0 amide bonds. The zero-order chi connectivity index (χ0) is 27.9. The van der Waals surface area contributed by atoms with E-state index >= 15 is 0 Å². The van der Waals surface area contributed by atoms with Crippen LogP contribution in [0.5, 0.6) is 0 Å². The Morgan fingerprint density at radius 3 is 1.40 bits per heavy atom. The van der Waals surface area contributed by atoms with Crippen LogP contribution in [0.4, 0.5) is 11.4 Å². The monoisotopic (exact) mass is 636 g/mol. The lowest BCUT2D eigenvalue weighted by Crippen LogP contribution is -3.00. The van der Waals surface area contributed by atoms with Crippen LogP contribution < -0.4 is 27.3 Å². The van der Waals surface area contributed by atoms with Crippen molar-refractivity contribution in [1.29, 1.82) is 0 Å². The molecule has 9 heteroatoms. The van der Waals surface area contributed by atoms with Crippen molar-refractivity contribution < 1.29 is 38.8 Å². The van der Waals surface area contributed by atoms with Crippen molar-refractivity contribution in [2.24, 2.45) is 0 Å². The van der Waals surface area contributed by atoms with Crippen LogP contribution in [0.25, 0.3) is 0 Å². The molecular formula is C31H29BrN2O4S2. The Labute approximate surface area is 246 Å². The summed E-state index contributed by atoms with van der Waals surface area (Å²) in [6.45, 7) is 3.83. The molecule has 0 aromatic heterocycles. The second-order valence-corrected chi connectivity index (χ2v) is 12.8. The molecule has 0 aliphatic heterocycles. The van der Waals surface area contributed by atoms with E-state index in [0.717, 1.165) is 22.5 Å². The van der Waals surface area contributed by atoms with Gasteiger partial charge in [-0.3, -0.25) is 0 Å². The van der Waals surface area contributed by atoms with Gasteiger partial charge >= 0.3 is 0 Å². The van der Waals surface area contributed by atoms with Crippen LogP contribution in [-0.2, 0) is 19.7 Å². The summed E-state index contributed by atoms with van der Waals surface area (Å²) in [6, 6.07) is 26.8. The molecule has 0 bridgehead atoms. The summed E-state index contributed by atoms with van der Waals surface area (Å²) < 4.78 is 51.1. The average Bonchev–Trinajstić information content (AvgIpc) is 2.93. The molecule has 0 heterocycles. The molecule has 4 rings (SSSR count). The van der Waals surface area contributed by atoms with Crippen molar-refractivity contribution in [2.45, 2.75) is 33.4 Å². The molecule has 2 N–H and O–H groups in total. The highest BCUT2D eigenvalue weighted by Gasteiger charge is 2.18. The second-order valence-electron chi connectivity index (χ2n) is 8.88. The number of sulfone groups is 2. The van der Waals surface area contributed by atoms with Gasteiger partial charge in [-0.25, -0.2) is 21.8 Å². The van der Waals surface area contributed by atoms with E-state index in [9.17, 15) is 16.8 Å². The van der Waals surface area contributed by atoms with E-state index in [1.165, 1.54) is 0 Å². The second kappa shape index (κ2) is 13.5. The number of hydrogen-bond donors (Lipinski definition) is 2. The Hall–Kier alpha value is -3.79. The lowest BCUT2D eigenvalue weighted by atomic mass is 10.2. The van der Waals surface area contributed by atoms with Gasteiger partial charge < -0.3 is 22.3 Å². The molecule has 0 unspecified atom stereocenters. The zero-order valence-electron chi connectivity index (χ0n) is 22.0. The molecule has 0 saturated carbocycles. The van der Waals surface area contributed by atoms with Gasteiger partial charge in [-0.15, -0.1) is 0 Å². The molecule has 0 fully saturated rings. The fourth-order valence-corrected chi connectivity index (χ4v) is 6.15. The first-order chi connectivity index (χ1) is 18.7. The maximum absolute atomic E-state index is 12.8. The molecule has 0 aliphatic carbocycles. The van der Waals surface area contributed by atoms with Crippen molar-refractivity contribution in [2.75, 3.05) is 5.32 Å². The Balaban J connectivity index is 0.00000441. The van der Waals surface area contributed by atoms with E-state index in [2.05, 4.69) is 10.3 Å². The molecule has 0 radical (unpaired) electrons. The van der Waals surface area contributed by atoms with Crippen molar-refractivity contribution in [3.8, 4) is 0 Å². The first-order valence-corrected chi connectivity index (χ1v) is 15.1. The molecular weight excluding hydrogens is 608 g/mol. The summed E-state index contributed by atoms with van der Waals surface area (Å²) in [5.74, 6) is 0. The smallest absolute Gasteiger partial charge is 0.206 e. The van der Waals surface area contributed by atoms with Crippen LogP contribution in [0.15, 0.2) is 141 Å². The predicted molar refractivity (Wildman–Crippen MR) is 155 cm³/mol. The SMILES string of the molecule is Cc1ccc(S(=O)(=O)c2ccc(N/C=C/C=C/C=[NH+]c3ccc(S(=O)(=O)c4ccc(C)cc4)cc3)cc2)cc1.[Br-]. The van der Waals surface area contributed by atoms with Gasteiger partial charge in [0.25, 0.3) is 0 Å². The molecule has 0 aliphatic rings. The first-order valence-electron chi connectivity index (χ1n) is 12.2. The molecule has 6 nitrogen and oxygen atoms in total. The van der Waals surface area contributed by atoms with Crippen molar-refractivity contribution >= 4 is 37.3 Å². The predicted octanol–water partition coefficient (Wildman–Crippen LogP) is 1.94. The summed E-state index contributed by atoms with van der Waals surface area (Å²) in [4.78, 5) is 4.12. The van der Waals surface area contributed by atoms with E-state index in [-0.39, 0.29) is 36.6 Å². The minimum Gasteiger partial charge on any atom is -1.00 e. The molecule has 4 aromatic rings. The number of anilines is 1. The molecule has 40 heavy (non-hydrogen) atoms. The Kier molecular flexibility index (Phi) is 10.4. The summed E-state index contributed by atoms with van der Waals surface area (Å²) in [5.41, 5.74) is 3.52. The van der Waals surface area contributed by atoms with Crippen LogP contribution >= 0.6 is 0 Å². The summed E-state index contributed by atoms with van der Waals surface area (Å²) in [7, 11) is -7.11. The Bertz CT molecular complexity index is 1730. The highest BCUT2D eigenvalue weighted by molar-refractivity contribution is 7.91. The minimum atomic E-state index is -3.55. The first kappa shape index (κ1) is 30.7. The normalized spacial score (nSPS) is 12.2. The van der Waals surface area contributed by atoms with Crippen LogP contribution in [0.1, 0.15) is 11.1 Å². The van der Waals surface area contributed by atoms with Crippen molar-refractivity contribution in [3.05, 3.63) is 133 Å². The van der Waals surface area contributed by atoms with Crippen LogP contribution in [-0.4, -0.2) is 23.1 Å². The fraction of sp³-hybridized carbons (Fsp3) is 0.0645. The third-order valence-electron chi connectivity index (χ3n) is 5.91. The molecule has 4 aromatic carbocycles. The summed E-state index contributed by atoms with van der Waals surface area (Å²) in [6.07, 6.45) is 8.88. The fourth-order valence-electron chi connectivity index (χ4n) is 3.63. The number of rotatable bonds is 9. The molecule has 0 saturated heterocycles.